The second kappa shape index (κ2) is 6.19. The van der Waals surface area contributed by atoms with Gasteiger partial charge in [0, 0.05) is 23.3 Å². The summed E-state index contributed by atoms with van der Waals surface area (Å²) >= 11 is 0. The first-order chi connectivity index (χ1) is 13.0. The number of nitrogens with zero attached hydrogens (tertiary/aromatic N) is 1. The molecule has 7 nitrogen and oxygen atoms in total. The quantitative estimate of drug-likeness (QED) is 0.454. The highest BCUT2D eigenvalue weighted by Gasteiger charge is 2.55. The van der Waals surface area contributed by atoms with E-state index in [4.69, 9.17) is 14.2 Å². The molecule has 5 aliphatic rings. The van der Waals surface area contributed by atoms with Gasteiger partial charge >= 0.3 is 5.97 Å². The molecule has 0 unspecified atom stereocenters. The van der Waals surface area contributed by atoms with Gasteiger partial charge in [0.15, 0.2) is 6.79 Å². The first-order valence-electron chi connectivity index (χ1n) is 9.70. The largest absolute Gasteiger partial charge is 0.467 e. The van der Waals surface area contributed by atoms with Gasteiger partial charge in [-0.15, -0.1) is 0 Å². The van der Waals surface area contributed by atoms with Crippen LogP contribution in [0.5, 0.6) is 5.75 Å². The summed E-state index contributed by atoms with van der Waals surface area (Å²) in [4.78, 5) is 23.8. The number of rotatable bonds is 4. The molecule has 0 aromatic heterocycles. The predicted molar refractivity (Wildman–Crippen MR) is 93.8 cm³/mol. The van der Waals surface area contributed by atoms with Gasteiger partial charge in [-0.25, -0.2) is 0 Å². The maximum absolute atomic E-state index is 13.0. The minimum absolute atomic E-state index is 0.00456. The number of hydrogen-bond acceptors (Lipinski definition) is 6. The number of non-ortho nitro benzene ring substituents is 1. The fourth-order valence-corrected chi connectivity index (χ4v) is 6.15. The molecule has 0 atom stereocenters. The second-order valence-corrected chi connectivity index (χ2v) is 8.73. The second-order valence-electron chi connectivity index (χ2n) is 8.73. The number of carbonyl (C=O) groups is 1. The third-order valence-electron chi connectivity index (χ3n) is 6.81. The third-order valence-corrected chi connectivity index (χ3v) is 6.81. The number of carbonyl (C=O) groups excluding carboxylic acids is 1. The molecule has 0 radical (unpaired) electrons. The fourth-order valence-electron chi connectivity index (χ4n) is 6.15. The number of nitro groups is 1. The van der Waals surface area contributed by atoms with Gasteiger partial charge < -0.3 is 14.2 Å². The van der Waals surface area contributed by atoms with Gasteiger partial charge in [-0.1, -0.05) is 0 Å². The number of fused-ring (bicyclic) bond motifs is 1. The Morgan fingerprint density at radius 1 is 1.19 bits per heavy atom. The molecule has 1 aromatic rings. The van der Waals surface area contributed by atoms with Crippen LogP contribution in [0.3, 0.4) is 0 Å². The van der Waals surface area contributed by atoms with Crippen LogP contribution in [0.15, 0.2) is 12.1 Å². The highest BCUT2D eigenvalue weighted by atomic mass is 16.7. The topological polar surface area (TPSA) is 87.9 Å². The molecular formula is C20H23NO6. The molecular weight excluding hydrogens is 350 g/mol. The lowest BCUT2D eigenvalue weighted by molar-refractivity contribution is -0.385. The Balaban J connectivity index is 1.36. The SMILES string of the molecule is O=C(OCc1cc([N+](=O)[O-])cc2c1OCOC2)C12CC3CC(CC(C3)C1)C2. The number of esters is 1. The number of nitro benzene ring substituents is 1. The van der Waals surface area contributed by atoms with E-state index >= 15 is 0 Å². The lowest BCUT2D eigenvalue weighted by atomic mass is 9.49. The average Bonchev–Trinajstić information content (AvgIpc) is 2.64. The average molecular weight is 373 g/mol. The smallest absolute Gasteiger partial charge is 0.312 e. The summed E-state index contributed by atoms with van der Waals surface area (Å²) in [5.41, 5.74) is 0.792. The van der Waals surface area contributed by atoms with Crippen LogP contribution in [0.2, 0.25) is 0 Å². The molecule has 4 fully saturated rings. The van der Waals surface area contributed by atoms with Crippen molar-refractivity contribution in [3.63, 3.8) is 0 Å². The van der Waals surface area contributed by atoms with Crippen LogP contribution in [0.4, 0.5) is 5.69 Å². The van der Waals surface area contributed by atoms with Gasteiger partial charge in [-0.05, 0) is 56.3 Å². The van der Waals surface area contributed by atoms with Gasteiger partial charge in [-0.2, -0.15) is 0 Å². The van der Waals surface area contributed by atoms with Crippen molar-refractivity contribution in [2.75, 3.05) is 6.79 Å². The van der Waals surface area contributed by atoms with Gasteiger partial charge in [0.2, 0.25) is 0 Å². The maximum Gasteiger partial charge on any atom is 0.312 e. The van der Waals surface area contributed by atoms with Gasteiger partial charge in [-0.3, -0.25) is 14.9 Å². The molecule has 0 saturated heterocycles. The Morgan fingerprint density at radius 3 is 2.48 bits per heavy atom. The van der Waals surface area contributed by atoms with Crippen molar-refractivity contribution in [3.8, 4) is 5.75 Å². The van der Waals surface area contributed by atoms with Crippen LogP contribution in [-0.4, -0.2) is 17.7 Å². The molecule has 1 aliphatic heterocycles. The van der Waals surface area contributed by atoms with E-state index < -0.39 is 4.92 Å². The molecule has 6 rings (SSSR count). The predicted octanol–water partition coefficient (Wildman–Crippen LogP) is 3.72. The van der Waals surface area contributed by atoms with E-state index in [0.29, 0.717) is 34.6 Å². The van der Waals surface area contributed by atoms with E-state index in [1.165, 1.54) is 31.4 Å². The van der Waals surface area contributed by atoms with Crippen molar-refractivity contribution in [1.82, 2.24) is 0 Å². The Kier molecular flexibility index (Phi) is 3.89. The highest BCUT2D eigenvalue weighted by molar-refractivity contribution is 5.77. The van der Waals surface area contributed by atoms with Crippen molar-refractivity contribution in [2.45, 2.75) is 51.7 Å². The third kappa shape index (κ3) is 2.88. The monoisotopic (exact) mass is 373 g/mol. The summed E-state index contributed by atoms with van der Waals surface area (Å²) < 4.78 is 16.5. The van der Waals surface area contributed by atoms with Gasteiger partial charge in [0.05, 0.1) is 16.9 Å². The van der Waals surface area contributed by atoms with Crippen molar-refractivity contribution in [1.29, 1.82) is 0 Å². The molecule has 27 heavy (non-hydrogen) atoms. The van der Waals surface area contributed by atoms with Crippen molar-refractivity contribution < 1.29 is 23.9 Å². The van der Waals surface area contributed by atoms with Crippen LogP contribution in [-0.2, 0) is 27.5 Å². The zero-order valence-corrected chi connectivity index (χ0v) is 15.1. The van der Waals surface area contributed by atoms with Crippen LogP contribution in [0, 0.1) is 33.3 Å². The minimum atomic E-state index is -0.445. The van der Waals surface area contributed by atoms with Gasteiger partial charge in [0.1, 0.15) is 12.4 Å². The van der Waals surface area contributed by atoms with Crippen molar-refractivity contribution in [2.24, 2.45) is 23.2 Å². The summed E-state index contributed by atoms with van der Waals surface area (Å²) in [5, 5.41) is 11.2. The van der Waals surface area contributed by atoms with Crippen molar-refractivity contribution in [3.05, 3.63) is 33.4 Å². The Labute approximate surface area is 157 Å². The first kappa shape index (κ1) is 17.0. The van der Waals surface area contributed by atoms with Crippen LogP contribution >= 0.6 is 0 Å². The zero-order chi connectivity index (χ0) is 18.6. The fraction of sp³-hybridized carbons (Fsp3) is 0.650. The first-order valence-corrected chi connectivity index (χ1v) is 9.70. The van der Waals surface area contributed by atoms with Crippen LogP contribution < -0.4 is 4.74 Å². The molecule has 1 aromatic carbocycles. The summed E-state index contributed by atoms with van der Waals surface area (Å²) in [6.07, 6.45) is 6.61. The van der Waals surface area contributed by atoms with E-state index in [2.05, 4.69) is 0 Å². The zero-order valence-electron chi connectivity index (χ0n) is 15.1. The Hall–Kier alpha value is -2.15. The molecule has 144 valence electrons. The molecule has 4 aliphatic carbocycles. The molecule has 1 heterocycles. The van der Waals surface area contributed by atoms with Gasteiger partial charge in [0.25, 0.3) is 5.69 Å². The molecule has 0 amide bonds. The van der Waals surface area contributed by atoms with E-state index in [0.717, 1.165) is 19.3 Å². The summed E-state index contributed by atoms with van der Waals surface area (Å²) in [6.45, 7) is 0.359. The molecule has 0 N–H and O–H groups in total. The molecule has 4 bridgehead atoms. The Bertz CT molecular complexity index is 769. The summed E-state index contributed by atoms with van der Waals surface area (Å²) in [6, 6.07) is 2.90. The van der Waals surface area contributed by atoms with Crippen LogP contribution in [0.1, 0.15) is 49.7 Å². The summed E-state index contributed by atoms with van der Waals surface area (Å²) in [5.74, 6) is 2.40. The van der Waals surface area contributed by atoms with Crippen LogP contribution in [0.25, 0.3) is 0 Å². The minimum Gasteiger partial charge on any atom is -0.467 e. The lowest BCUT2D eigenvalue weighted by Crippen LogP contribution is -2.50. The van der Waals surface area contributed by atoms with E-state index in [-0.39, 0.29) is 37.1 Å². The lowest BCUT2D eigenvalue weighted by Gasteiger charge is -2.55. The van der Waals surface area contributed by atoms with E-state index in [1.54, 1.807) is 0 Å². The normalized spacial score (nSPS) is 33.3. The highest BCUT2D eigenvalue weighted by Crippen LogP contribution is 2.60. The summed E-state index contributed by atoms with van der Waals surface area (Å²) in [7, 11) is 0. The number of ether oxygens (including phenoxy) is 3. The van der Waals surface area contributed by atoms with Crippen molar-refractivity contribution >= 4 is 11.7 Å². The number of benzene rings is 1. The molecule has 7 heteroatoms. The van der Waals surface area contributed by atoms with E-state index in [9.17, 15) is 14.9 Å². The van der Waals surface area contributed by atoms with E-state index in [1.807, 2.05) is 0 Å². The number of hydrogen-bond donors (Lipinski definition) is 0. The maximum atomic E-state index is 13.0. The molecule has 0 spiro atoms. The standard InChI is InChI=1S/C20H23NO6/c22-19(20-6-12-1-13(7-20)3-14(2-12)8-20)26-10-16-5-17(21(23)24)4-15-9-25-11-27-18(15)16/h4-5,12-14H,1-3,6-11H2. The molecule has 4 saturated carbocycles. The Morgan fingerprint density at radius 2 is 1.85 bits per heavy atom.